The van der Waals surface area contributed by atoms with Gasteiger partial charge >= 0.3 is 0 Å². The van der Waals surface area contributed by atoms with Gasteiger partial charge in [-0.2, -0.15) is 4.99 Å². The van der Waals surface area contributed by atoms with Crippen LogP contribution in [0.3, 0.4) is 0 Å². The van der Waals surface area contributed by atoms with E-state index in [4.69, 9.17) is 0 Å². The number of amides is 1. The molecule has 0 unspecified atom stereocenters. The Morgan fingerprint density at radius 2 is 1.77 bits per heavy atom. The highest BCUT2D eigenvalue weighted by atomic mass is 16.1. The maximum absolute atomic E-state index is 12.1. The van der Waals surface area contributed by atoms with Crippen molar-refractivity contribution < 1.29 is 4.79 Å². The molecule has 3 heteroatoms. The van der Waals surface area contributed by atoms with Gasteiger partial charge in [-0.15, -0.1) is 0 Å². The Bertz CT molecular complexity index is 703. The van der Waals surface area contributed by atoms with E-state index in [0.717, 1.165) is 0 Å². The number of benzene rings is 1. The molecule has 0 saturated heterocycles. The van der Waals surface area contributed by atoms with Crippen LogP contribution in [0.2, 0.25) is 0 Å². The summed E-state index contributed by atoms with van der Waals surface area (Å²) in [7, 11) is 0. The number of aromatic nitrogens is 1. The Hall–Kier alpha value is -2.16. The average molecular weight is 296 g/mol. The van der Waals surface area contributed by atoms with Gasteiger partial charge in [0.1, 0.15) is 5.49 Å². The predicted molar refractivity (Wildman–Crippen MR) is 89.4 cm³/mol. The summed E-state index contributed by atoms with van der Waals surface area (Å²) >= 11 is 0. The normalized spacial score (nSPS) is 12.5. The molecule has 0 radical (unpaired) electrons. The van der Waals surface area contributed by atoms with Crippen LogP contribution in [0.1, 0.15) is 38.3 Å². The molecule has 22 heavy (non-hydrogen) atoms. The third-order valence-corrected chi connectivity index (χ3v) is 3.31. The summed E-state index contributed by atoms with van der Waals surface area (Å²) in [5.74, 6) is -0.0728. The summed E-state index contributed by atoms with van der Waals surface area (Å²) in [4.78, 5) is 16.4. The van der Waals surface area contributed by atoms with Gasteiger partial charge in [-0.25, -0.2) is 0 Å². The number of rotatable bonds is 3. The molecule has 1 amide bonds. The van der Waals surface area contributed by atoms with Gasteiger partial charge in [0, 0.05) is 19.2 Å². The molecule has 0 bridgehead atoms. The second-order valence-electron chi connectivity index (χ2n) is 6.92. The Morgan fingerprint density at radius 3 is 2.41 bits per heavy atom. The van der Waals surface area contributed by atoms with Crippen LogP contribution in [0.5, 0.6) is 0 Å². The molecule has 116 valence electrons. The minimum Gasteiger partial charge on any atom is -0.329 e. The smallest absolute Gasteiger partial charge is 0.248 e. The monoisotopic (exact) mass is 296 g/mol. The van der Waals surface area contributed by atoms with Crippen LogP contribution >= 0.6 is 0 Å². The standard InChI is InChI=1S/C19H24N2O/c1-15-8-10-16(11-9-15)14-21-12-6-5-7-17(21)20-18(22)13-19(2,3)4/h5-12H,13-14H2,1-4H3. The molecule has 1 heterocycles. The van der Waals surface area contributed by atoms with E-state index in [2.05, 4.69) is 36.2 Å². The maximum atomic E-state index is 12.1. The topological polar surface area (TPSA) is 34.4 Å². The van der Waals surface area contributed by atoms with Crippen LogP contribution in [0.15, 0.2) is 53.7 Å². The minimum absolute atomic E-state index is 0.0445. The minimum atomic E-state index is -0.0728. The number of carbonyl (C=O) groups is 1. The van der Waals surface area contributed by atoms with E-state index >= 15 is 0 Å². The number of hydrogen-bond donors (Lipinski definition) is 0. The van der Waals surface area contributed by atoms with Crippen molar-refractivity contribution in [1.29, 1.82) is 0 Å². The van der Waals surface area contributed by atoms with E-state index in [1.165, 1.54) is 11.1 Å². The Kier molecular flexibility index (Phi) is 4.96. The van der Waals surface area contributed by atoms with Gasteiger partial charge in [0.15, 0.2) is 0 Å². The fourth-order valence-electron chi connectivity index (χ4n) is 2.21. The number of aryl methyl sites for hydroxylation is 1. The zero-order chi connectivity index (χ0) is 16.2. The van der Waals surface area contributed by atoms with Crippen molar-refractivity contribution in [3.05, 3.63) is 65.3 Å². The maximum Gasteiger partial charge on any atom is 0.248 e. The van der Waals surface area contributed by atoms with Gasteiger partial charge in [0.2, 0.25) is 5.91 Å². The van der Waals surface area contributed by atoms with Gasteiger partial charge < -0.3 is 4.57 Å². The molecule has 0 spiro atoms. The highest BCUT2D eigenvalue weighted by Gasteiger charge is 2.15. The lowest BCUT2D eigenvalue weighted by Gasteiger charge is -2.14. The van der Waals surface area contributed by atoms with Crippen LogP contribution in [-0.2, 0) is 11.3 Å². The van der Waals surface area contributed by atoms with E-state index in [9.17, 15) is 4.79 Å². The zero-order valence-corrected chi connectivity index (χ0v) is 13.8. The van der Waals surface area contributed by atoms with E-state index in [0.29, 0.717) is 18.5 Å². The number of pyridine rings is 1. The SMILES string of the molecule is Cc1ccc(Cn2ccccc2=NC(=O)CC(C)(C)C)cc1. The highest BCUT2D eigenvalue weighted by Crippen LogP contribution is 2.18. The van der Waals surface area contributed by atoms with Crippen LogP contribution < -0.4 is 5.49 Å². The first-order valence-electron chi connectivity index (χ1n) is 7.62. The first-order chi connectivity index (χ1) is 10.3. The molecule has 2 aromatic rings. The van der Waals surface area contributed by atoms with Gasteiger partial charge in [-0.1, -0.05) is 56.7 Å². The number of nitrogens with zero attached hydrogens (tertiary/aromatic N) is 2. The molecule has 0 aliphatic rings. The van der Waals surface area contributed by atoms with Crippen LogP contribution in [0, 0.1) is 12.3 Å². The quantitative estimate of drug-likeness (QED) is 0.850. The second kappa shape index (κ2) is 6.73. The van der Waals surface area contributed by atoms with E-state index in [1.54, 1.807) is 0 Å². The van der Waals surface area contributed by atoms with Crippen molar-refractivity contribution >= 4 is 5.91 Å². The third kappa shape index (κ3) is 4.99. The summed E-state index contributed by atoms with van der Waals surface area (Å²) in [5, 5.41) is 0. The molecule has 0 fully saturated rings. The second-order valence-corrected chi connectivity index (χ2v) is 6.92. The van der Waals surface area contributed by atoms with E-state index in [-0.39, 0.29) is 11.3 Å². The Balaban J connectivity index is 2.26. The fourth-order valence-corrected chi connectivity index (χ4v) is 2.21. The summed E-state index contributed by atoms with van der Waals surface area (Å²) < 4.78 is 2.01. The zero-order valence-electron chi connectivity index (χ0n) is 13.8. The van der Waals surface area contributed by atoms with Crippen LogP contribution in [0.25, 0.3) is 0 Å². The predicted octanol–water partition coefficient (Wildman–Crippen LogP) is 3.71. The third-order valence-electron chi connectivity index (χ3n) is 3.31. The Labute approximate surface area is 132 Å². The molecule has 0 aliphatic heterocycles. The van der Waals surface area contributed by atoms with Gasteiger partial charge in [-0.05, 0) is 30.0 Å². The van der Waals surface area contributed by atoms with Gasteiger partial charge in [0.05, 0.1) is 0 Å². The summed E-state index contributed by atoms with van der Waals surface area (Å²) in [5.41, 5.74) is 3.10. The summed E-state index contributed by atoms with van der Waals surface area (Å²) in [6.45, 7) is 8.93. The lowest BCUT2D eigenvalue weighted by molar-refractivity contribution is -0.119. The lowest BCUT2D eigenvalue weighted by atomic mass is 9.92. The number of hydrogen-bond acceptors (Lipinski definition) is 1. The first-order valence-corrected chi connectivity index (χ1v) is 7.62. The molecular weight excluding hydrogens is 272 g/mol. The summed E-state index contributed by atoms with van der Waals surface area (Å²) in [6, 6.07) is 14.2. The van der Waals surface area contributed by atoms with Crippen molar-refractivity contribution in [2.24, 2.45) is 10.4 Å². The molecule has 1 aromatic heterocycles. The molecule has 3 nitrogen and oxygen atoms in total. The molecule has 1 aromatic carbocycles. The average Bonchev–Trinajstić information content (AvgIpc) is 2.41. The molecule has 2 rings (SSSR count). The molecule has 0 atom stereocenters. The van der Waals surface area contributed by atoms with E-state index < -0.39 is 0 Å². The first kappa shape index (κ1) is 16.2. The fraction of sp³-hybridized carbons (Fsp3) is 0.368. The van der Waals surface area contributed by atoms with Crippen molar-refractivity contribution in [3.8, 4) is 0 Å². The van der Waals surface area contributed by atoms with Crippen LogP contribution in [-0.4, -0.2) is 10.5 Å². The van der Waals surface area contributed by atoms with Gasteiger partial charge in [0.25, 0.3) is 0 Å². The van der Waals surface area contributed by atoms with Crippen LogP contribution in [0.4, 0.5) is 0 Å². The molecule has 0 N–H and O–H groups in total. The Morgan fingerprint density at radius 1 is 1.09 bits per heavy atom. The van der Waals surface area contributed by atoms with Crippen molar-refractivity contribution in [2.75, 3.05) is 0 Å². The molecule has 0 aliphatic carbocycles. The van der Waals surface area contributed by atoms with E-state index in [1.807, 2.05) is 49.7 Å². The van der Waals surface area contributed by atoms with Crippen molar-refractivity contribution in [3.63, 3.8) is 0 Å². The lowest BCUT2D eigenvalue weighted by Crippen LogP contribution is -2.23. The summed E-state index contributed by atoms with van der Waals surface area (Å²) in [6.07, 6.45) is 2.41. The molecule has 0 saturated carbocycles. The number of carbonyl (C=O) groups excluding carboxylic acids is 1. The largest absolute Gasteiger partial charge is 0.329 e. The van der Waals surface area contributed by atoms with Gasteiger partial charge in [-0.3, -0.25) is 4.79 Å². The van der Waals surface area contributed by atoms with Crippen molar-refractivity contribution in [1.82, 2.24) is 4.57 Å². The van der Waals surface area contributed by atoms with Crippen molar-refractivity contribution in [2.45, 2.75) is 40.7 Å². The molecular formula is C19H24N2O. The highest BCUT2D eigenvalue weighted by molar-refractivity contribution is 5.77.